The average Bonchev–Trinajstić information content (AvgIpc) is 3.06. The van der Waals surface area contributed by atoms with Crippen molar-refractivity contribution in [1.82, 2.24) is 15.2 Å². The van der Waals surface area contributed by atoms with Crippen LogP contribution in [0.5, 0.6) is 10.9 Å². The summed E-state index contributed by atoms with van der Waals surface area (Å²) in [7, 11) is 2.92. The third-order valence-electron chi connectivity index (χ3n) is 3.05. The van der Waals surface area contributed by atoms with Crippen LogP contribution < -0.4 is 26.3 Å². The lowest BCUT2D eigenvalue weighted by Gasteiger charge is -2.13. The predicted molar refractivity (Wildman–Crippen MR) is 99.9 cm³/mol. The zero-order chi connectivity index (χ0) is 19.3. The van der Waals surface area contributed by atoms with Crippen molar-refractivity contribution in [1.29, 1.82) is 0 Å². The summed E-state index contributed by atoms with van der Waals surface area (Å²) in [6.45, 7) is 1.66. The van der Waals surface area contributed by atoms with Crippen LogP contribution in [0.3, 0.4) is 0 Å². The van der Waals surface area contributed by atoms with Gasteiger partial charge in [-0.05, 0) is 30.4 Å². The first-order valence-corrected chi connectivity index (χ1v) is 8.37. The molecule has 0 bridgehead atoms. The zero-order valence-electron chi connectivity index (χ0n) is 14.2. The first kappa shape index (κ1) is 19.5. The second kappa shape index (κ2) is 8.50. The molecule has 138 valence electrons. The number of nitrogens with zero attached hydrogens (tertiary/aromatic N) is 3. The smallest absolute Gasteiger partial charge is 0.295 e. The van der Waals surface area contributed by atoms with E-state index >= 15 is 0 Å². The molecule has 2 aromatic heterocycles. The Labute approximate surface area is 158 Å². The first-order valence-electron chi connectivity index (χ1n) is 7.18. The molecule has 0 saturated heterocycles. The standard InChI is InChI=1S/C15H17ClN6O3S/c1-7(17)4-9(8-5-11(16)19-6-10(8)24-2)12(18)13(23)20-14-21-22-15(25-3)26-14/h4-6H,17-18H2,1-3H3,(H,20,21,23)/b7-4-,12-9+. The Hall–Kier alpha value is -2.85. The van der Waals surface area contributed by atoms with Crippen LogP contribution >= 0.6 is 22.9 Å². The molecule has 0 aliphatic carbocycles. The van der Waals surface area contributed by atoms with Crippen LogP contribution in [-0.2, 0) is 4.79 Å². The van der Waals surface area contributed by atoms with E-state index in [9.17, 15) is 4.79 Å². The van der Waals surface area contributed by atoms with E-state index in [4.69, 9.17) is 32.5 Å². The number of allylic oxidation sites excluding steroid dienone is 3. The Morgan fingerprint density at radius 3 is 2.62 bits per heavy atom. The Morgan fingerprint density at radius 1 is 1.31 bits per heavy atom. The van der Waals surface area contributed by atoms with E-state index in [1.54, 1.807) is 13.0 Å². The molecule has 0 saturated carbocycles. The minimum atomic E-state index is -0.591. The SMILES string of the molecule is COc1nnc(NC(=O)/C(N)=C(/C=C(/C)N)c2cc(Cl)ncc2OC)s1. The third-order valence-corrected chi connectivity index (χ3v) is 4.06. The number of rotatable bonds is 6. The van der Waals surface area contributed by atoms with Gasteiger partial charge in [-0.15, -0.1) is 5.10 Å². The van der Waals surface area contributed by atoms with Crippen molar-refractivity contribution in [3.8, 4) is 10.9 Å². The number of carbonyl (C=O) groups excluding carboxylic acids is 1. The van der Waals surface area contributed by atoms with E-state index in [0.29, 0.717) is 27.8 Å². The van der Waals surface area contributed by atoms with Crippen molar-refractivity contribution in [3.05, 3.63) is 40.4 Å². The summed E-state index contributed by atoms with van der Waals surface area (Å²) in [5.74, 6) is -0.207. The van der Waals surface area contributed by atoms with Crippen molar-refractivity contribution < 1.29 is 14.3 Å². The number of hydrogen-bond acceptors (Lipinski definition) is 9. The van der Waals surface area contributed by atoms with E-state index in [0.717, 1.165) is 11.3 Å². The summed E-state index contributed by atoms with van der Waals surface area (Å²) < 4.78 is 10.2. The van der Waals surface area contributed by atoms with Gasteiger partial charge in [0.25, 0.3) is 11.1 Å². The Morgan fingerprint density at radius 2 is 2.04 bits per heavy atom. The zero-order valence-corrected chi connectivity index (χ0v) is 15.8. The van der Waals surface area contributed by atoms with Crippen LogP contribution in [0.1, 0.15) is 12.5 Å². The summed E-state index contributed by atoms with van der Waals surface area (Å²) in [6.07, 6.45) is 2.97. The number of amides is 1. The van der Waals surface area contributed by atoms with Crippen molar-refractivity contribution >= 4 is 39.5 Å². The van der Waals surface area contributed by atoms with E-state index in [2.05, 4.69) is 20.5 Å². The molecule has 2 rings (SSSR count). The topological polar surface area (TPSA) is 138 Å². The van der Waals surface area contributed by atoms with E-state index in [1.807, 2.05) is 0 Å². The highest BCUT2D eigenvalue weighted by molar-refractivity contribution is 7.17. The third kappa shape index (κ3) is 4.61. The second-order valence-corrected chi connectivity index (χ2v) is 6.28. The maximum absolute atomic E-state index is 12.5. The summed E-state index contributed by atoms with van der Waals surface area (Å²) in [6, 6.07) is 1.53. The van der Waals surface area contributed by atoms with Gasteiger partial charge in [0.05, 0.1) is 20.4 Å². The number of pyridine rings is 1. The molecule has 2 heterocycles. The molecule has 9 nitrogen and oxygen atoms in total. The fraction of sp³-hybridized carbons (Fsp3) is 0.200. The van der Waals surface area contributed by atoms with Gasteiger partial charge < -0.3 is 20.9 Å². The molecule has 5 N–H and O–H groups in total. The molecule has 0 atom stereocenters. The van der Waals surface area contributed by atoms with Gasteiger partial charge in [-0.3, -0.25) is 10.1 Å². The number of nitrogens with one attached hydrogen (secondary N) is 1. The van der Waals surface area contributed by atoms with Gasteiger partial charge in [0, 0.05) is 16.8 Å². The van der Waals surface area contributed by atoms with Crippen molar-refractivity contribution in [3.63, 3.8) is 0 Å². The summed E-state index contributed by atoms with van der Waals surface area (Å²) in [4.78, 5) is 16.5. The Bertz CT molecular complexity index is 876. The lowest BCUT2D eigenvalue weighted by atomic mass is 10.0. The average molecular weight is 397 g/mol. The lowest BCUT2D eigenvalue weighted by Crippen LogP contribution is -2.22. The second-order valence-electron chi connectivity index (χ2n) is 4.95. The molecule has 26 heavy (non-hydrogen) atoms. The van der Waals surface area contributed by atoms with Crippen LogP contribution in [0.15, 0.2) is 29.7 Å². The van der Waals surface area contributed by atoms with Gasteiger partial charge in [-0.1, -0.05) is 16.7 Å². The molecule has 2 aromatic rings. The largest absolute Gasteiger partial charge is 0.494 e. The molecule has 0 unspecified atom stereocenters. The van der Waals surface area contributed by atoms with E-state index < -0.39 is 5.91 Å². The van der Waals surface area contributed by atoms with Crippen LogP contribution in [0.2, 0.25) is 5.15 Å². The number of ether oxygens (including phenoxy) is 2. The number of methoxy groups -OCH3 is 2. The number of hydrogen-bond donors (Lipinski definition) is 3. The van der Waals surface area contributed by atoms with Crippen LogP contribution in [0.4, 0.5) is 5.13 Å². The Kier molecular flexibility index (Phi) is 6.36. The predicted octanol–water partition coefficient (Wildman–Crippen LogP) is 1.77. The fourth-order valence-corrected chi connectivity index (χ4v) is 2.66. The summed E-state index contributed by atoms with van der Waals surface area (Å²) in [5, 5.41) is 10.8. The number of nitrogens with two attached hydrogens (primary N) is 2. The summed E-state index contributed by atoms with van der Waals surface area (Å²) in [5.41, 5.74) is 13.0. The maximum atomic E-state index is 12.5. The van der Waals surface area contributed by atoms with Crippen molar-refractivity contribution in [2.45, 2.75) is 6.92 Å². The van der Waals surface area contributed by atoms with E-state index in [1.165, 1.54) is 26.5 Å². The summed E-state index contributed by atoms with van der Waals surface area (Å²) >= 11 is 7.03. The van der Waals surface area contributed by atoms with Crippen LogP contribution in [-0.4, -0.2) is 35.3 Å². The van der Waals surface area contributed by atoms with Crippen LogP contribution in [0, 0.1) is 0 Å². The fourth-order valence-electron chi connectivity index (χ4n) is 1.95. The minimum Gasteiger partial charge on any atom is -0.494 e. The minimum absolute atomic E-state index is 0.107. The normalized spacial score (nSPS) is 12.4. The molecular formula is C15H17ClN6O3S. The van der Waals surface area contributed by atoms with Crippen molar-refractivity contribution in [2.75, 3.05) is 19.5 Å². The molecular weight excluding hydrogens is 380 g/mol. The van der Waals surface area contributed by atoms with E-state index in [-0.39, 0.29) is 16.0 Å². The number of halogens is 1. The highest BCUT2D eigenvalue weighted by Crippen LogP contribution is 2.30. The Balaban J connectivity index is 2.48. The molecule has 0 radical (unpaired) electrons. The monoisotopic (exact) mass is 396 g/mol. The van der Waals surface area contributed by atoms with Crippen LogP contribution in [0.25, 0.3) is 5.57 Å². The van der Waals surface area contributed by atoms with Gasteiger partial charge in [-0.25, -0.2) is 4.98 Å². The molecule has 11 heteroatoms. The molecule has 0 aromatic carbocycles. The quantitative estimate of drug-likeness (QED) is 0.381. The lowest BCUT2D eigenvalue weighted by molar-refractivity contribution is -0.112. The van der Waals surface area contributed by atoms with Gasteiger partial charge in [0.15, 0.2) is 0 Å². The van der Waals surface area contributed by atoms with Crippen molar-refractivity contribution in [2.24, 2.45) is 11.5 Å². The number of aromatic nitrogens is 3. The van der Waals surface area contributed by atoms with Gasteiger partial charge in [0.2, 0.25) is 5.13 Å². The molecule has 0 spiro atoms. The highest BCUT2D eigenvalue weighted by atomic mass is 35.5. The molecule has 0 aliphatic heterocycles. The highest BCUT2D eigenvalue weighted by Gasteiger charge is 2.18. The number of anilines is 1. The maximum Gasteiger partial charge on any atom is 0.295 e. The van der Waals surface area contributed by atoms with Gasteiger partial charge >= 0.3 is 0 Å². The van der Waals surface area contributed by atoms with Gasteiger partial charge in [-0.2, -0.15) is 0 Å². The number of carbonyl (C=O) groups is 1. The molecule has 0 fully saturated rings. The molecule has 1 amide bonds. The molecule has 0 aliphatic rings. The first-order chi connectivity index (χ1) is 12.3. The van der Waals surface area contributed by atoms with Gasteiger partial charge in [0.1, 0.15) is 16.6 Å².